The SMILES string of the molecule is C=CCCOc1nc(-c2cc([C@@H](C)N(CC)C(=O)NC(CC=C)CC3CCOC3)ncc2OC)cn2ccnc12. The van der Waals surface area contributed by atoms with E-state index in [0.717, 1.165) is 37.3 Å². The molecule has 10 heteroatoms. The molecule has 1 saturated heterocycles. The first-order chi connectivity index (χ1) is 19.5. The van der Waals surface area contributed by atoms with E-state index in [2.05, 4.69) is 28.4 Å². The number of urea groups is 1. The second-order valence-electron chi connectivity index (χ2n) is 9.92. The van der Waals surface area contributed by atoms with Gasteiger partial charge in [-0.3, -0.25) is 4.98 Å². The molecule has 1 N–H and O–H groups in total. The Morgan fingerprint density at radius 2 is 2.20 bits per heavy atom. The highest BCUT2D eigenvalue weighted by Crippen LogP contribution is 2.33. The van der Waals surface area contributed by atoms with Gasteiger partial charge < -0.3 is 28.8 Å². The third-order valence-corrected chi connectivity index (χ3v) is 7.21. The molecule has 2 amide bonds. The molecule has 0 aliphatic carbocycles. The fraction of sp³-hybridized carbons (Fsp3) is 0.467. The largest absolute Gasteiger partial charge is 0.494 e. The third-order valence-electron chi connectivity index (χ3n) is 7.21. The number of carbonyl (C=O) groups excluding carboxylic acids is 1. The summed E-state index contributed by atoms with van der Waals surface area (Å²) in [5, 5.41) is 3.23. The number of fused-ring (bicyclic) bond motifs is 1. The normalized spacial score (nSPS) is 16.3. The number of ether oxygens (including phenoxy) is 3. The van der Waals surface area contributed by atoms with Gasteiger partial charge in [0.2, 0.25) is 5.65 Å². The minimum absolute atomic E-state index is 0.00274. The number of rotatable bonds is 14. The number of nitrogens with one attached hydrogen (secondary N) is 1. The van der Waals surface area contributed by atoms with Gasteiger partial charge in [-0.2, -0.15) is 0 Å². The van der Waals surface area contributed by atoms with Gasteiger partial charge >= 0.3 is 6.03 Å². The zero-order chi connectivity index (χ0) is 28.5. The number of nitrogens with zero attached hydrogens (tertiary/aromatic N) is 5. The number of pyridine rings is 1. The van der Waals surface area contributed by atoms with Crippen molar-refractivity contribution in [3.63, 3.8) is 0 Å². The molecular formula is C30H40N6O4. The van der Waals surface area contributed by atoms with Gasteiger partial charge in [0.25, 0.3) is 5.88 Å². The van der Waals surface area contributed by atoms with Gasteiger partial charge in [0.05, 0.1) is 37.3 Å². The summed E-state index contributed by atoms with van der Waals surface area (Å²) in [5.74, 6) is 1.44. The van der Waals surface area contributed by atoms with Gasteiger partial charge in [0.1, 0.15) is 5.75 Å². The summed E-state index contributed by atoms with van der Waals surface area (Å²) in [7, 11) is 1.60. The van der Waals surface area contributed by atoms with E-state index in [-0.39, 0.29) is 18.1 Å². The Hall–Kier alpha value is -3.92. The average Bonchev–Trinajstić information content (AvgIpc) is 3.65. The quantitative estimate of drug-likeness (QED) is 0.218. The Morgan fingerprint density at radius 1 is 1.35 bits per heavy atom. The molecule has 0 bridgehead atoms. The van der Waals surface area contributed by atoms with Crippen LogP contribution in [0.25, 0.3) is 16.9 Å². The van der Waals surface area contributed by atoms with Crippen molar-refractivity contribution in [2.24, 2.45) is 5.92 Å². The maximum absolute atomic E-state index is 13.5. The Kier molecular flexibility index (Phi) is 10.1. The fourth-order valence-electron chi connectivity index (χ4n) is 5.02. The van der Waals surface area contributed by atoms with Gasteiger partial charge in [-0.25, -0.2) is 14.8 Å². The van der Waals surface area contributed by atoms with Crippen LogP contribution in [0, 0.1) is 5.92 Å². The van der Waals surface area contributed by atoms with Crippen LogP contribution in [0.2, 0.25) is 0 Å². The van der Waals surface area contributed by atoms with Crippen LogP contribution in [-0.4, -0.2) is 69.8 Å². The van der Waals surface area contributed by atoms with Gasteiger partial charge in [0, 0.05) is 50.0 Å². The first-order valence-corrected chi connectivity index (χ1v) is 13.9. The van der Waals surface area contributed by atoms with E-state index in [4.69, 9.17) is 19.2 Å². The minimum Gasteiger partial charge on any atom is -0.494 e. The molecule has 1 aliphatic rings. The molecule has 0 spiro atoms. The molecule has 0 radical (unpaired) electrons. The van der Waals surface area contributed by atoms with Crippen LogP contribution in [-0.2, 0) is 4.74 Å². The Labute approximate surface area is 236 Å². The second kappa shape index (κ2) is 13.9. The van der Waals surface area contributed by atoms with Gasteiger partial charge in [-0.05, 0) is 51.5 Å². The van der Waals surface area contributed by atoms with Gasteiger partial charge in [-0.15, -0.1) is 13.2 Å². The second-order valence-corrected chi connectivity index (χ2v) is 9.92. The molecular weight excluding hydrogens is 508 g/mol. The number of methoxy groups -OCH3 is 1. The van der Waals surface area contributed by atoms with E-state index in [9.17, 15) is 4.79 Å². The Morgan fingerprint density at radius 3 is 2.90 bits per heavy atom. The van der Waals surface area contributed by atoms with Crippen molar-refractivity contribution in [2.75, 3.05) is 33.5 Å². The highest BCUT2D eigenvalue weighted by atomic mass is 16.5. The van der Waals surface area contributed by atoms with Gasteiger partial charge in [-0.1, -0.05) is 12.2 Å². The van der Waals surface area contributed by atoms with Crippen LogP contribution in [0.4, 0.5) is 4.79 Å². The molecule has 3 aromatic heterocycles. The highest BCUT2D eigenvalue weighted by Gasteiger charge is 2.27. The number of amides is 2. The fourth-order valence-corrected chi connectivity index (χ4v) is 5.02. The van der Waals surface area contributed by atoms with E-state index < -0.39 is 0 Å². The van der Waals surface area contributed by atoms with Gasteiger partial charge in [0.15, 0.2) is 0 Å². The number of carbonyl (C=O) groups is 1. The average molecular weight is 549 g/mol. The monoisotopic (exact) mass is 548 g/mol. The Balaban J connectivity index is 1.59. The van der Waals surface area contributed by atoms with Crippen LogP contribution >= 0.6 is 0 Å². The zero-order valence-corrected chi connectivity index (χ0v) is 23.7. The summed E-state index contributed by atoms with van der Waals surface area (Å²) in [4.78, 5) is 29.1. The molecule has 214 valence electrons. The molecule has 0 aromatic carbocycles. The zero-order valence-electron chi connectivity index (χ0n) is 23.7. The Bertz CT molecular complexity index is 1300. The van der Waals surface area contributed by atoms with Crippen LogP contribution in [0.15, 0.2) is 56.2 Å². The molecule has 4 heterocycles. The number of imidazole rings is 1. The molecule has 4 rings (SSSR count). The predicted molar refractivity (Wildman–Crippen MR) is 155 cm³/mol. The first-order valence-electron chi connectivity index (χ1n) is 13.9. The molecule has 40 heavy (non-hydrogen) atoms. The first kappa shape index (κ1) is 29.1. The van der Waals surface area contributed by atoms with E-state index >= 15 is 0 Å². The summed E-state index contributed by atoms with van der Waals surface area (Å²) in [6.45, 7) is 14.1. The number of hydrogen-bond acceptors (Lipinski definition) is 7. The van der Waals surface area contributed by atoms with Crippen LogP contribution in [0.5, 0.6) is 11.6 Å². The highest BCUT2D eigenvalue weighted by molar-refractivity contribution is 5.75. The van der Waals surface area contributed by atoms with Crippen molar-refractivity contribution in [3.8, 4) is 22.9 Å². The lowest BCUT2D eigenvalue weighted by molar-refractivity contribution is 0.170. The number of aromatic nitrogens is 4. The predicted octanol–water partition coefficient (Wildman–Crippen LogP) is 5.22. The van der Waals surface area contributed by atoms with E-state index in [0.29, 0.717) is 54.9 Å². The van der Waals surface area contributed by atoms with Crippen molar-refractivity contribution in [1.29, 1.82) is 0 Å². The van der Waals surface area contributed by atoms with Crippen molar-refractivity contribution >= 4 is 11.7 Å². The summed E-state index contributed by atoms with van der Waals surface area (Å²) in [5.41, 5.74) is 2.73. The van der Waals surface area contributed by atoms with Crippen LogP contribution in [0.3, 0.4) is 0 Å². The maximum Gasteiger partial charge on any atom is 0.318 e. The lowest BCUT2D eigenvalue weighted by Crippen LogP contribution is -2.46. The van der Waals surface area contributed by atoms with E-state index in [1.807, 2.05) is 42.8 Å². The standard InChI is InChI=1S/C30H40N6O4/c1-6-9-14-40-29-28-31-12-13-35(28)19-26(34-29)24-17-25(32-18-27(24)38-5)21(4)36(8-3)30(37)33-23(10-7-2)16-22-11-15-39-20-22/h6-7,12-13,17-19,21-23H,1-2,8-11,14-16,20H2,3-5H3,(H,33,37)/t21-,22?,23?/m1/s1. The van der Waals surface area contributed by atoms with E-state index in [1.54, 1.807) is 30.5 Å². The third kappa shape index (κ3) is 6.80. The summed E-state index contributed by atoms with van der Waals surface area (Å²) in [6.07, 6.45) is 14.0. The molecule has 3 aromatic rings. The lowest BCUT2D eigenvalue weighted by Gasteiger charge is -2.31. The van der Waals surface area contributed by atoms with Crippen molar-refractivity contribution in [1.82, 2.24) is 29.6 Å². The van der Waals surface area contributed by atoms with Crippen LogP contribution < -0.4 is 14.8 Å². The molecule has 10 nitrogen and oxygen atoms in total. The molecule has 1 aliphatic heterocycles. The summed E-state index contributed by atoms with van der Waals surface area (Å²) < 4.78 is 19.0. The molecule has 1 fully saturated rings. The van der Waals surface area contributed by atoms with Crippen LogP contribution in [0.1, 0.15) is 51.3 Å². The number of hydrogen-bond donors (Lipinski definition) is 1. The topological polar surface area (TPSA) is 103 Å². The minimum atomic E-state index is -0.297. The van der Waals surface area contributed by atoms with Crippen molar-refractivity contribution < 1.29 is 19.0 Å². The summed E-state index contributed by atoms with van der Waals surface area (Å²) >= 11 is 0. The van der Waals surface area contributed by atoms with E-state index in [1.165, 1.54) is 0 Å². The lowest BCUT2D eigenvalue weighted by atomic mass is 9.97. The molecule has 0 saturated carbocycles. The maximum atomic E-state index is 13.5. The molecule has 2 unspecified atom stereocenters. The van der Waals surface area contributed by atoms with Crippen molar-refractivity contribution in [3.05, 3.63) is 61.9 Å². The van der Waals surface area contributed by atoms with Crippen molar-refractivity contribution in [2.45, 2.75) is 51.6 Å². The summed E-state index contributed by atoms with van der Waals surface area (Å²) in [6, 6.07) is 1.50. The smallest absolute Gasteiger partial charge is 0.318 e. The molecule has 3 atom stereocenters.